The highest BCUT2D eigenvalue weighted by Crippen LogP contribution is 2.48. The molecule has 2 rings (SSSR count). The molecule has 0 heterocycles. The van der Waals surface area contributed by atoms with Crippen molar-refractivity contribution in [2.45, 2.75) is 37.3 Å². The van der Waals surface area contributed by atoms with Gasteiger partial charge in [0.2, 0.25) is 0 Å². The zero-order chi connectivity index (χ0) is 15.0. The first kappa shape index (κ1) is 15.4. The van der Waals surface area contributed by atoms with Crippen molar-refractivity contribution in [1.29, 1.82) is 0 Å². The fraction of sp³-hybridized carbons (Fsp3) is 0.571. The largest absolute Gasteiger partial charge is 0.495 e. The number of halogens is 4. The molecule has 1 fully saturated rings. The molecular weight excluding hydrogens is 291 g/mol. The normalized spacial score (nSPS) is 18.3. The molecule has 0 aliphatic heterocycles. The number of hydrogen-bond acceptors (Lipinski definition) is 2. The second kappa shape index (κ2) is 5.45. The average Bonchev–Trinajstić information content (AvgIpc) is 2.87. The second-order valence-electron chi connectivity index (χ2n) is 5.22. The van der Waals surface area contributed by atoms with Crippen molar-refractivity contribution >= 4 is 11.6 Å². The minimum Gasteiger partial charge on any atom is -0.495 e. The topological polar surface area (TPSA) is 35.2 Å². The van der Waals surface area contributed by atoms with Crippen molar-refractivity contribution in [3.8, 4) is 5.75 Å². The Morgan fingerprint density at radius 1 is 1.30 bits per heavy atom. The van der Waals surface area contributed by atoms with E-state index in [1.165, 1.54) is 13.2 Å². The lowest BCUT2D eigenvalue weighted by atomic mass is 9.76. The molecule has 0 amide bonds. The van der Waals surface area contributed by atoms with Gasteiger partial charge in [-0.05, 0) is 30.5 Å². The molecule has 112 valence electrons. The van der Waals surface area contributed by atoms with Crippen LogP contribution in [0.1, 0.15) is 36.8 Å². The second-order valence-corrected chi connectivity index (χ2v) is 5.63. The molecule has 1 saturated carbocycles. The first-order chi connectivity index (χ1) is 9.34. The van der Waals surface area contributed by atoms with Gasteiger partial charge in [0.15, 0.2) is 0 Å². The third-order valence-electron chi connectivity index (χ3n) is 4.12. The third kappa shape index (κ3) is 2.61. The van der Waals surface area contributed by atoms with Crippen LogP contribution in [0, 0.1) is 0 Å². The van der Waals surface area contributed by atoms with Crippen LogP contribution in [0.25, 0.3) is 0 Å². The summed E-state index contributed by atoms with van der Waals surface area (Å²) < 4.78 is 44.9. The Hall–Kier alpha value is -0.940. The van der Waals surface area contributed by atoms with Gasteiger partial charge in [0.05, 0.1) is 17.7 Å². The molecule has 0 spiro atoms. The van der Waals surface area contributed by atoms with Crippen LogP contribution in [0.15, 0.2) is 12.1 Å². The Bertz CT molecular complexity index is 496. The van der Waals surface area contributed by atoms with Gasteiger partial charge in [0, 0.05) is 12.0 Å². The molecule has 1 aliphatic carbocycles. The van der Waals surface area contributed by atoms with Crippen LogP contribution < -0.4 is 10.5 Å². The van der Waals surface area contributed by atoms with E-state index in [0.29, 0.717) is 12.8 Å². The maximum Gasteiger partial charge on any atom is 0.416 e. The number of rotatable bonds is 3. The highest BCUT2D eigenvalue weighted by atomic mass is 35.5. The summed E-state index contributed by atoms with van der Waals surface area (Å²) >= 11 is 6.02. The highest BCUT2D eigenvalue weighted by molar-refractivity contribution is 6.32. The van der Waals surface area contributed by atoms with E-state index >= 15 is 0 Å². The maximum absolute atomic E-state index is 13.3. The van der Waals surface area contributed by atoms with Crippen LogP contribution in [0.2, 0.25) is 5.02 Å². The zero-order valence-electron chi connectivity index (χ0n) is 11.2. The zero-order valence-corrected chi connectivity index (χ0v) is 11.9. The van der Waals surface area contributed by atoms with E-state index < -0.39 is 17.2 Å². The number of hydrogen-bond donors (Lipinski definition) is 1. The summed E-state index contributed by atoms with van der Waals surface area (Å²) in [6, 6.07) is 2.36. The minimum absolute atomic E-state index is 0.0351. The number of methoxy groups -OCH3 is 1. The summed E-state index contributed by atoms with van der Waals surface area (Å²) in [5.41, 5.74) is 4.68. The molecule has 20 heavy (non-hydrogen) atoms. The number of ether oxygens (including phenoxy) is 1. The van der Waals surface area contributed by atoms with Crippen molar-refractivity contribution in [3.05, 3.63) is 28.3 Å². The molecule has 0 unspecified atom stereocenters. The predicted molar refractivity (Wildman–Crippen MR) is 72.2 cm³/mol. The van der Waals surface area contributed by atoms with Crippen LogP contribution in [0.3, 0.4) is 0 Å². The van der Waals surface area contributed by atoms with Gasteiger partial charge in [-0.2, -0.15) is 13.2 Å². The van der Waals surface area contributed by atoms with Crippen LogP contribution >= 0.6 is 11.6 Å². The van der Waals surface area contributed by atoms with E-state index in [2.05, 4.69) is 0 Å². The molecule has 1 aliphatic rings. The van der Waals surface area contributed by atoms with Gasteiger partial charge < -0.3 is 10.5 Å². The first-order valence-corrected chi connectivity index (χ1v) is 6.87. The van der Waals surface area contributed by atoms with E-state index in [4.69, 9.17) is 22.1 Å². The van der Waals surface area contributed by atoms with Gasteiger partial charge in [0.25, 0.3) is 0 Å². The maximum atomic E-state index is 13.3. The predicted octanol–water partition coefficient (Wildman–Crippen LogP) is 4.14. The molecule has 1 aromatic carbocycles. The fourth-order valence-electron chi connectivity index (χ4n) is 3.02. The van der Waals surface area contributed by atoms with Gasteiger partial charge >= 0.3 is 6.18 Å². The van der Waals surface area contributed by atoms with E-state index in [1.807, 2.05) is 0 Å². The van der Waals surface area contributed by atoms with E-state index in [1.54, 1.807) is 0 Å². The van der Waals surface area contributed by atoms with Gasteiger partial charge in [-0.3, -0.25) is 0 Å². The molecule has 0 bridgehead atoms. The summed E-state index contributed by atoms with van der Waals surface area (Å²) in [5.74, 6) is 0.0351. The standard InChI is InChI=1S/C14H17ClF3NO/c1-20-12-7-10(14(16,17)18)9(6-11(12)15)13(8-19)4-2-3-5-13/h6-7H,2-5,8,19H2,1H3. The highest BCUT2D eigenvalue weighted by Gasteiger charge is 2.43. The van der Waals surface area contributed by atoms with Crippen molar-refractivity contribution in [3.63, 3.8) is 0 Å². The molecule has 0 saturated heterocycles. The Kier molecular flexibility index (Phi) is 4.21. The Morgan fingerprint density at radius 3 is 2.35 bits per heavy atom. The number of benzene rings is 1. The smallest absolute Gasteiger partial charge is 0.416 e. The molecule has 0 atom stereocenters. The Balaban J connectivity index is 2.64. The molecule has 2 N–H and O–H groups in total. The lowest BCUT2D eigenvalue weighted by Crippen LogP contribution is -2.34. The summed E-state index contributed by atoms with van der Waals surface area (Å²) in [4.78, 5) is 0. The Morgan fingerprint density at radius 2 is 1.90 bits per heavy atom. The van der Waals surface area contributed by atoms with Crippen molar-refractivity contribution in [2.24, 2.45) is 5.73 Å². The lowest BCUT2D eigenvalue weighted by Gasteiger charge is -2.31. The summed E-state index contributed by atoms with van der Waals surface area (Å²) in [6.07, 6.45) is -1.35. The first-order valence-electron chi connectivity index (χ1n) is 6.49. The Labute approximate surface area is 121 Å². The van der Waals surface area contributed by atoms with Crippen LogP contribution in [0.4, 0.5) is 13.2 Å². The quantitative estimate of drug-likeness (QED) is 0.911. The molecule has 0 aromatic heterocycles. The van der Waals surface area contributed by atoms with E-state index in [-0.39, 0.29) is 22.9 Å². The van der Waals surface area contributed by atoms with Crippen LogP contribution in [-0.4, -0.2) is 13.7 Å². The third-order valence-corrected chi connectivity index (χ3v) is 4.42. The van der Waals surface area contributed by atoms with Crippen LogP contribution in [0.5, 0.6) is 5.75 Å². The van der Waals surface area contributed by atoms with Gasteiger partial charge in [-0.25, -0.2) is 0 Å². The molecule has 6 heteroatoms. The van der Waals surface area contributed by atoms with Crippen LogP contribution in [-0.2, 0) is 11.6 Å². The average molecular weight is 308 g/mol. The fourth-order valence-corrected chi connectivity index (χ4v) is 3.26. The molecule has 0 radical (unpaired) electrons. The van der Waals surface area contributed by atoms with E-state index in [0.717, 1.165) is 18.9 Å². The molecule has 1 aromatic rings. The molecular formula is C14H17ClF3NO. The van der Waals surface area contributed by atoms with Gasteiger partial charge in [-0.1, -0.05) is 24.4 Å². The van der Waals surface area contributed by atoms with Gasteiger partial charge in [0.1, 0.15) is 5.75 Å². The van der Waals surface area contributed by atoms with E-state index in [9.17, 15) is 13.2 Å². The van der Waals surface area contributed by atoms with Crippen molar-refractivity contribution < 1.29 is 17.9 Å². The molecule has 2 nitrogen and oxygen atoms in total. The lowest BCUT2D eigenvalue weighted by molar-refractivity contribution is -0.138. The summed E-state index contributed by atoms with van der Waals surface area (Å²) in [6.45, 7) is 0.193. The minimum atomic E-state index is -4.45. The SMILES string of the molecule is COc1cc(C(F)(F)F)c(C2(CN)CCCC2)cc1Cl. The van der Waals surface area contributed by atoms with Gasteiger partial charge in [-0.15, -0.1) is 0 Å². The number of alkyl halides is 3. The monoisotopic (exact) mass is 307 g/mol. The van der Waals surface area contributed by atoms with Crippen molar-refractivity contribution in [1.82, 2.24) is 0 Å². The summed E-state index contributed by atoms with van der Waals surface area (Å²) in [7, 11) is 1.30. The summed E-state index contributed by atoms with van der Waals surface area (Å²) in [5, 5.41) is 0.190. The van der Waals surface area contributed by atoms with Crippen molar-refractivity contribution in [2.75, 3.05) is 13.7 Å². The number of nitrogens with two attached hydrogens (primary N) is 1.